The van der Waals surface area contributed by atoms with E-state index in [0.717, 1.165) is 37.8 Å². The molecular weight excluding hydrogens is 244 g/mol. The third-order valence-corrected chi connectivity index (χ3v) is 2.46. The van der Waals surface area contributed by atoms with Crippen LogP contribution in [0.25, 0.3) is 0 Å². The molecule has 0 aliphatic heterocycles. The molecule has 106 valence electrons. The Morgan fingerprint density at radius 3 is 2.26 bits per heavy atom. The molecule has 0 saturated carbocycles. The molecule has 19 heavy (non-hydrogen) atoms. The molecule has 0 saturated heterocycles. The minimum Gasteiger partial charge on any atom is -0.459 e. The van der Waals surface area contributed by atoms with E-state index in [-0.39, 0.29) is 6.61 Å². The van der Waals surface area contributed by atoms with Crippen LogP contribution < -0.4 is 0 Å². The number of esters is 2. The Morgan fingerprint density at radius 1 is 1.00 bits per heavy atom. The van der Waals surface area contributed by atoms with Crippen molar-refractivity contribution in [2.75, 3.05) is 6.61 Å². The number of hydrogen-bond acceptors (Lipinski definition) is 4. The molecule has 0 fully saturated rings. The fraction of sp³-hybridized carbons (Fsp3) is 0.467. The summed E-state index contributed by atoms with van der Waals surface area (Å²) in [4.78, 5) is 22.1. The summed E-state index contributed by atoms with van der Waals surface area (Å²) < 4.78 is 10.0. The molecule has 0 aromatic rings. The highest BCUT2D eigenvalue weighted by molar-refractivity contribution is 5.82. The van der Waals surface area contributed by atoms with Crippen LogP contribution in [0.4, 0.5) is 0 Å². The summed E-state index contributed by atoms with van der Waals surface area (Å²) in [5.74, 6) is -1.03. The van der Waals surface area contributed by atoms with Crippen molar-refractivity contribution in [3.63, 3.8) is 0 Å². The Balaban J connectivity index is 4.05. The van der Waals surface area contributed by atoms with E-state index >= 15 is 0 Å². The average Bonchev–Trinajstić information content (AvgIpc) is 2.43. The normalized spacial score (nSPS) is 11.2. The van der Waals surface area contributed by atoms with Crippen LogP contribution in [0.3, 0.4) is 0 Å². The first-order chi connectivity index (χ1) is 9.13. The molecule has 4 nitrogen and oxygen atoms in total. The molecule has 4 heteroatoms. The highest BCUT2D eigenvalue weighted by Gasteiger charge is 2.14. The van der Waals surface area contributed by atoms with Gasteiger partial charge in [-0.15, -0.1) is 6.58 Å². The molecule has 1 unspecified atom stereocenters. The average molecular weight is 266 g/mol. The van der Waals surface area contributed by atoms with Gasteiger partial charge >= 0.3 is 11.9 Å². The molecule has 0 radical (unpaired) electrons. The van der Waals surface area contributed by atoms with Gasteiger partial charge in [0.1, 0.15) is 12.7 Å². The first-order valence-electron chi connectivity index (χ1n) is 6.37. The maximum Gasteiger partial charge on any atom is 0.330 e. The lowest BCUT2D eigenvalue weighted by Crippen LogP contribution is -2.24. The van der Waals surface area contributed by atoms with Crippen LogP contribution in [0.1, 0.15) is 32.1 Å². The largest absolute Gasteiger partial charge is 0.459 e. The fourth-order valence-corrected chi connectivity index (χ4v) is 1.46. The van der Waals surface area contributed by atoms with Crippen molar-refractivity contribution in [1.29, 1.82) is 0 Å². The number of allylic oxidation sites excluding steroid dienone is 1. The van der Waals surface area contributed by atoms with Crippen molar-refractivity contribution < 1.29 is 19.1 Å². The van der Waals surface area contributed by atoms with Crippen LogP contribution >= 0.6 is 0 Å². The van der Waals surface area contributed by atoms with E-state index in [4.69, 9.17) is 9.47 Å². The van der Waals surface area contributed by atoms with Crippen molar-refractivity contribution in [1.82, 2.24) is 0 Å². The van der Waals surface area contributed by atoms with E-state index in [0.29, 0.717) is 6.42 Å². The summed E-state index contributed by atoms with van der Waals surface area (Å²) >= 11 is 0. The second-order valence-corrected chi connectivity index (χ2v) is 4.02. The summed E-state index contributed by atoms with van der Waals surface area (Å²) in [6.45, 7) is 10.3. The van der Waals surface area contributed by atoms with Crippen molar-refractivity contribution in [2.45, 2.75) is 38.2 Å². The van der Waals surface area contributed by atoms with Crippen LogP contribution in [0.5, 0.6) is 0 Å². The molecule has 0 aromatic heterocycles. The molecule has 0 heterocycles. The van der Waals surface area contributed by atoms with Gasteiger partial charge in [0.2, 0.25) is 0 Å². The molecule has 0 amide bonds. The van der Waals surface area contributed by atoms with Crippen LogP contribution in [0.2, 0.25) is 0 Å². The maximum absolute atomic E-state index is 11.2. The van der Waals surface area contributed by atoms with Gasteiger partial charge in [-0.3, -0.25) is 0 Å². The van der Waals surface area contributed by atoms with Gasteiger partial charge in [0.15, 0.2) is 0 Å². The van der Waals surface area contributed by atoms with Crippen LogP contribution in [0.15, 0.2) is 38.0 Å². The SMILES string of the molecule is C=CCCCCCC(COC(=O)C=C)OC(=O)C=C. The van der Waals surface area contributed by atoms with Crippen molar-refractivity contribution in [2.24, 2.45) is 0 Å². The number of ether oxygens (including phenoxy) is 2. The Bertz CT molecular complexity index is 320. The van der Waals surface area contributed by atoms with Crippen LogP contribution in [-0.4, -0.2) is 24.6 Å². The van der Waals surface area contributed by atoms with Gasteiger partial charge in [0.25, 0.3) is 0 Å². The van der Waals surface area contributed by atoms with Gasteiger partial charge < -0.3 is 9.47 Å². The Labute approximate surface area is 114 Å². The number of carbonyl (C=O) groups is 2. The van der Waals surface area contributed by atoms with E-state index in [2.05, 4.69) is 19.7 Å². The predicted molar refractivity (Wildman–Crippen MR) is 74.5 cm³/mol. The Kier molecular flexibility index (Phi) is 10.2. The third kappa shape index (κ3) is 9.83. The van der Waals surface area contributed by atoms with Gasteiger partial charge in [-0.1, -0.05) is 25.7 Å². The fourth-order valence-electron chi connectivity index (χ4n) is 1.46. The van der Waals surface area contributed by atoms with Crippen molar-refractivity contribution >= 4 is 11.9 Å². The lowest BCUT2D eigenvalue weighted by atomic mass is 10.1. The lowest BCUT2D eigenvalue weighted by Gasteiger charge is -2.16. The summed E-state index contributed by atoms with van der Waals surface area (Å²) in [6.07, 6.45) is 8.22. The van der Waals surface area contributed by atoms with Gasteiger partial charge in [0, 0.05) is 12.2 Å². The lowest BCUT2D eigenvalue weighted by molar-refractivity contribution is -0.153. The topological polar surface area (TPSA) is 52.6 Å². The van der Waals surface area contributed by atoms with Gasteiger partial charge in [-0.2, -0.15) is 0 Å². The van der Waals surface area contributed by atoms with Crippen LogP contribution in [-0.2, 0) is 19.1 Å². The van der Waals surface area contributed by atoms with Gasteiger partial charge in [-0.05, 0) is 25.7 Å². The van der Waals surface area contributed by atoms with Crippen molar-refractivity contribution in [3.8, 4) is 0 Å². The molecule has 0 aromatic carbocycles. The van der Waals surface area contributed by atoms with E-state index in [1.54, 1.807) is 0 Å². The van der Waals surface area contributed by atoms with Gasteiger partial charge in [-0.25, -0.2) is 9.59 Å². The van der Waals surface area contributed by atoms with Crippen LogP contribution in [0, 0.1) is 0 Å². The molecule has 0 bridgehead atoms. The van der Waals surface area contributed by atoms with E-state index in [1.165, 1.54) is 0 Å². The first-order valence-corrected chi connectivity index (χ1v) is 6.37. The molecule has 0 spiro atoms. The highest BCUT2D eigenvalue weighted by atomic mass is 16.6. The quantitative estimate of drug-likeness (QED) is 0.250. The highest BCUT2D eigenvalue weighted by Crippen LogP contribution is 2.10. The third-order valence-electron chi connectivity index (χ3n) is 2.46. The van der Waals surface area contributed by atoms with E-state index in [1.807, 2.05) is 6.08 Å². The standard InChI is InChI=1S/C15H22O4/c1-4-7-8-9-10-11-13(19-15(17)6-3)12-18-14(16)5-2/h4-6,13H,1-3,7-12H2. The number of hydrogen-bond donors (Lipinski definition) is 0. The molecular formula is C15H22O4. The smallest absolute Gasteiger partial charge is 0.330 e. The Hall–Kier alpha value is -1.84. The summed E-state index contributed by atoms with van der Waals surface area (Å²) in [6, 6.07) is 0. The molecule has 1 atom stereocenters. The number of unbranched alkanes of at least 4 members (excludes halogenated alkanes) is 3. The Morgan fingerprint density at radius 2 is 1.68 bits per heavy atom. The predicted octanol–water partition coefficient (Wildman–Crippen LogP) is 2.95. The molecule has 0 rings (SSSR count). The summed E-state index contributed by atoms with van der Waals surface area (Å²) in [5.41, 5.74) is 0. The molecule has 0 aliphatic carbocycles. The molecule has 0 N–H and O–H groups in total. The minimum absolute atomic E-state index is 0.0475. The number of rotatable bonds is 11. The monoisotopic (exact) mass is 266 g/mol. The second kappa shape index (κ2) is 11.3. The summed E-state index contributed by atoms with van der Waals surface area (Å²) in [5, 5.41) is 0. The van der Waals surface area contributed by atoms with Gasteiger partial charge in [0.05, 0.1) is 0 Å². The summed E-state index contributed by atoms with van der Waals surface area (Å²) in [7, 11) is 0. The van der Waals surface area contributed by atoms with E-state index in [9.17, 15) is 9.59 Å². The van der Waals surface area contributed by atoms with E-state index < -0.39 is 18.0 Å². The number of carbonyl (C=O) groups excluding carboxylic acids is 2. The maximum atomic E-state index is 11.2. The second-order valence-electron chi connectivity index (χ2n) is 4.02. The zero-order chi connectivity index (χ0) is 14.5. The minimum atomic E-state index is -0.522. The van der Waals surface area contributed by atoms with Crippen molar-refractivity contribution in [3.05, 3.63) is 38.0 Å². The zero-order valence-electron chi connectivity index (χ0n) is 11.3. The first kappa shape index (κ1) is 17.2. The molecule has 0 aliphatic rings. The zero-order valence-corrected chi connectivity index (χ0v) is 11.3.